The molecule has 0 saturated heterocycles. The average Bonchev–Trinajstić information content (AvgIpc) is 2.98. The molecule has 0 atom stereocenters. The van der Waals surface area contributed by atoms with E-state index in [2.05, 4.69) is 20.7 Å². The maximum absolute atomic E-state index is 6.15. The lowest BCUT2D eigenvalue weighted by molar-refractivity contribution is 0.847. The van der Waals surface area contributed by atoms with Gasteiger partial charge in [-0.05, 0) is 17.7 Å². The first-order chi connectivity index (χ1) is 12.6. The standard InChI is InChI=1S/C16H13Cl3N6S/c17-12-6-2-1-4-11(12)9-26-16-24-23-15(25(16)20)22-21-8-10-5-3-7-13(18)14(10)19/h1-8H,9,20H2,(H,22,23)/b21-8+. The van der Waals surface area contributed by atoms with Crippen LogP contribution in [0.25, 0.3) is 0 Å². The summed E-state index contributed by atoms with van der Waals surface area (Å²) in [7, 11) is 0. The molecule has 0 unspecified atom stereocenters. The van der Waals surface area contributed by atoms with Gasteiger partial charge in [0.2, 0.25) is 5.16 Å². The minimum absolute atomic E-state index is 0.293. The second-order valence-electron chi connectivity index (χ2n) is 5.07. The van der Waals surface area contributed by atoms with Crippen molar-refractivity contribution in [2.45, 2.75) is 10.9 Å². The number of nitrogens with one attached hydrogen (secondary N) is 1. The summed E-state index contributed by atoms with van der Waals surface area (Å²) in [6.07, 6.45) is 1.53. The molecule has 0 spiro atoms. The molecule has 0 saturated carbocycles. The van der Waals surface area contributed by atoms with Crippen LogP contribution in [-0.4, -0.2) is 21.1 Å². The molecule has 3 rings (SSSR count). The van der Waals surface area contributed by atoms with Crippen molar-refractivity contribution in [3.63, 3.8) is 0 Å². The van der Waals surface area contributed by atoms with Crippen LogP contribution in [0.4, 0.5) is 5.95 Å². The van der Waals surface area contributed by atoms with Crippen molar-refractivity contribution >= 4 is 58.7 Å². The van der Waals surface area contributed by atoms with Crippen LogP contribution < -0.4 is 11.3 Å². The molecule has 0 aliphatic carbocycles. The number of rotatable bonds is 6. The van der Waals surface area contributed by atoms with Crippen molar-refractivity contribution in [1.29, 1.82) is 0 Å². The maximum atomic E-state index is 6.15. The summed E-state index contributed by atoms with van der Waals surface area (Å²) in [4.78, 5) is 0. The summed E-state index contributed by atoms with van der Waals surface area (Å²) in [5.41, 5.74) is 4.39. The monoisotopic (exact) mass is 426 g/mol. The SMILES string of the molecule is Nn1c(N/N=C/c2cccc(Cl)c2Cl)nnc1SCc1ccccc1Cl. The number of aromatic nitrogens is 3. The van der Waals surface area contributed by atoms with Crippen LogP contribution in [0.5, 0.6) is 0 Å². The molecule has 134 valence electrons. The molecule has 1 heterocycles. The Bertz CT molecular complexity index is 943. The quantitative estimate of drug-likeness (QED) is 0.258. The molecule has 0 aliphatic rings. The van der Waals surface area contributed by atoms with Crippen LogP contribution in [0.1, 0.15) is 11.1 Å². The molecule has 26 heavy (non-hydrogen) atoms. The van der Waals surface area contributed by atoms with Crippen molar-refractivity contribution in [1.82, 2.24) is 14.9 Å². The highest BCUT2D eigenvalue weighted by Gasteiger charge is 2.10. The second kappa shape index (κ2) is 8.64. The number of benzene rings is 2. The smallest absolute Gasteiger partial charge is 0.264 e. The summed E-state index contributed by atoms with van der Waals surface area (Å²) >= 11 is 19.6. The first-order valence-electron chi connectivity index (χ1n) is 7.36. The van der Waals surface area contributed by atoms with Crippen molar-refractivity contribution < 1.29 is 0 Å². The molecule has 0 radical (unpaired) electrons. The van der Waals surface area contributed by atoms with Crippen molar-refractivity contribution in [2.75, 3.05) is 11.3 Å². The van der Waals surface area contributed by atoms with Gasteiger partial charge < -0.3 is 5.84 Å². The van der Waals surface area contributed by atoms with E-state index in [0.29, 0.717) is 37.5 Å². The summed E-state index contributed by atoms with van der Waals surface area (Å²) in [5, 5.41) is 14.2. The Morgan fingerprint density at radius 2 is 1.85 bits per heavy atom. The highest BCUT2D eigenvalue weighted by molar-refractivity contribution is 7.98. The van der Waals surface area contributed by atoms with Crippen LogP contribution in [0, 0.1) is 0 Å². The third-order valence-corrected chi connectivity index (χ3v) is 5.52. The van der Waals surface area contributed by atoms with Gasteiger partial charge >= 0.3 is 0 Å². The first-order valence-corrected chi connectivity index (χ1v) is 9.48. The highest BCUT2D eigenvalue weighted by atomic mass is 35.5. The first kappa shape index (κ1) is 18.8. The van der Waals surface area contributed by atoms with Crippen molar-refractivity contribution in [3.8, 4) is 0 Å². The zero-order valence-corrected chi connectivity index (χ0v) is 16.3. The summed E-state index contributed by atoms with van der Waals surface area (Å²) < 4.78 is 1.32. The third-order valence-electron chi connectivity index (χ3n) is 3.33. The van der Waals surface area contributed by atoms with E-state index in [1.165, 1.54) is 22.7 Å². The number of halogens is 3. The van der Waals surface area contributed by atoms with Crippen LogP contribution in [0.3, 0.4) is 0 Å². The normalized spacial score (nSPS) is 11.2. The number of hydrazone groups is 1. The van der Waals surface area contributed by atoms with Crippen LogP contribution in [0.2, 0.25) is 15.1 Å². The molecular formula is C16H13Cl3N6S. The Morgan fingerprint density at radius 1 is 1.08 bits per heavy atom. The number of thioether (sulfide) groups is 1. The lowest BCUT2D eigenvalue weighted by Crippen LogP contribution is -2.13. The van der Waals surface area contributed by atoms with E-state index in [-0.39, 0.29) is 0 Å². The lowest BCUT2D eigenvalue weighted by Gasteiger charge is -2.04. The fourth-order valence-electron chi connectivity index (χ4n) is 1.99. The van der Waals surface area contributed by atoms with Crippen molar-refractivity contribution in [3.05, 3.63) is 68.7 Å². The topological polar surface area (TPSA) is 81.1 Å². The number of hydrogen-bond acceptors (Lipinski definition) is 6. The zero-order chi connectivity index (χ0) is 18.5. The number of nitrogen functional groups attached to an aromatic ring is 1. The number of anilines is 1. The Hall–Kier alpha value is -1.93. The molecule has 10 heteroatoms. The Balaban J connectivity index is 1.64. The molecule has 0 aliphatic heterocycles. The average molecular weight is 428 g/mol. The van der Waals surface area contributed by atoms with Crippen LogP contribution in [0.15, 0.2) is 52.7 Å². The van der Waals surface area contributed by atoms with E-state index in [4.69, 9.17) is 40.6 Å². The largest absolute Gasteiger partial charge is 0.334 e. The number of hydrogen-bond donors (Lipinski definition) is 2. The van der Waals surface area contributed by atoms with Gasteiger partial charge in [0.05, 0.1) is 16.3 Å². The van der Waals surface area contributed by atoms with Gasteiger partial charge in [0.25, 0.3) is 5.95 Å². The van der Waals surface area contributed by atoms with Gasteiger partial charge in [-0.2, -0.15) is 5.10 Å². The molecule has 0 bridgehead atoms. The lowest BCUT2D eigenvalue weighted by atomic mass is 10.2. The van der Waals surface area contributed by atoms with E-state index in [1.807, 2.05) is 24.3 Å². The fraction of sp³-hybridized carbons (Fsp3) is 0.0625. The van der Waals surface area contributed by atoms with Gasteiger partial charge in [0, 0.05) is 16.3 Å². The fourth-order valence-corrected chi connectivity index (χ4v) is 3.49. The van der Waals surface area contributed by atoms with E-state index >= 15 is 0 Å². The third kappa shape index (κ3) is 4.42. The van der Waals surface area contributed by atoms with Gasteiger partial charge in [0.15, 0.2) is 0 Å². The minimum atomic E-state index is 0.293. The van der Waals surface area contributed by atoms with E-state index in [1.54, 1.807) is 18.2 Å². The zero-order valence-electron chi connectivity index (χ0n) is 13.2. The Morgan fingerprint density at radius 3 is 2.65 bits per heavy atom. The van der Waals surface area contributed by atoms with Crippen LogP contribution in [-0.2, 0) is 5.75 Å². The molecule has 2 aromatic carbocycles. The summed E-state index contributed by atoms with van der Waals surface area (Å²) in [5.74, 6) is 6.91. The number of nitrogens with two attached hydrogens (primary N) is 1. The maximum Gasteiger partial charge on any atom is 0.264 e. The van der Waals surface area contributed by atoms with Gasteiger partial charge in [0.1, 0.15) is 0 Å². The van der Waals surface area contributed by atoms with Crippen LogP contribution >= 0.6 is 46.6 Å². The van der Waals surface area contributed by atoms with E-state index < -0.39 is 0 Å². The van der Waals surface area contributed by atoms with Gasteiger partial charge in [-0.25, -0.2) is 10.1 Å². The van der Waals surface area contributed by atoms with Crippen molar-refractivity contribution in [2.24, 2.45) is 5.10 Å². The van der Waals surface area contributed by atoms with Gasteiger partial charge in [-0.3, -0.25) is 0 Å². The van der Waals surface area contributed by atoms with Gasteiger partial charge in [-0.15, -0.1) is 10.2 Å². The Labute approximate surface area is 169 Å². The molecule has 0 amide bonds. The van der Waals surface area contributed by atoms with E-state index in [0.717, 1.165) is 5.56 Å². The minimum Gasteiger partial charge on any atom is -0.334 e. The Kier molecular flexibility index (Phi) is 6.26. The number of nitrogens with zero attached hydrogens (tertiary/aromatic N) is 4. The summed E-state index contributed by atoms with van der Waals surface area (Å²) in [6, 6.07) is 12.9. The molecule has 1 aromatic heterocycles. The highest BCUT2D eigenvalue weighted by Crippen LogP contribution is 2.26. The van der Waals surface area contributed by atoms with E-state index in [9.17, 15) is 0 Å². The molecule has 3 aromatic rings. The predicted molar refractivity (Wildman–Crippen MR) is 109 cm³/mol. The second-order valence-corrected chi connectivity index (χ2v) is 7.20. The molecule has 0 fully saturated rings. The molecule has 3 N–H and O–H groups in total. The molecular weight excluding hydrogens is 415 g/mol. The summed E-state index contributed by atoms with van der Waals surface area (Å²) in [6.45, 7) is 0. The van der Waals surface area contributed by atoms with Gasteiger partial charge in [-0.1, -0.05) is 76.9 Å². The predicted octanol–water partition coefficient (Wildman–Crippen LogP) is 4.69. The molecule has 6 nitrogen and oxygen atoms in total.